The minimum Gasteiger partial charge on any atom is -0.488 e. The van der Waals surface area contributed by atoms with Gasteiger partial charge in [0.15, 0.2) is 11.5 Å². The molecule has 1 aliphatic heterocycles. The first-order valence-corrected chi connectivity index (χ1v) is 16.2. The van der Waals surface area contributed by atoms with Gasteiger partial charge in [-0.25, -0.2) is 0 Å². The number of rotatable bonds is 18. The summed E-state index contributed by atoms with van der Waals surface area (Å²) >= 11 is 1.91. The molecule has 1 aromatic heterocycles. The Morgan fingerprint density at radius 2 is 1.20 bits per heavy atom. The van der Waals surface area contributed by atoms with Crippen LogP contribution in [0.2, 0.25) is 0 Å². The molecule has 0 radical (unpaired) electrons. The van der Waals surface area contributed by atoms with Crippen molar-refractivity contribution in [1.29, 1.82) is 0 Å². The fourth-order valence-corrected chi connectivity index (χ4v) is 7.02. The van der Waals surface area contributed by atoms with Crippen molar-refractivity contribution in [2.45, 2.75) is 151 Å². The summed E-state index contributed by atoms with van der Waals surface area (Å²) in [4.78, 5) is 2.75. The Morgan fingerprint density at radius 3 is 1.63 bits per heavy atom. The first-order chi connectivity index (χ1) is 16.9. The molecule has 0 saturated carbocycles. The highest BCUT2D eigenvalue weighted by atomic mass is 32.1. The topological polar surface area (TPSA) is 18.5 Å². The van der Waals surface area contributed by atoms with Crippen molar-refractivity contribution >= 4 is 11.3 Å². The fourth-order valence-electron chi connectivity index (χ4n) is 5.89. The fraction of sp³-hybridized carbons (Fsp3) is 0.875. The monoisotopic (exact) mass is 506 g/mol. The van der Waals surface area contributed by atoms with Gasteiger partial charge in [-0.2, -0.15) is 0 Å². The molecular formula is C32H58O2S. The van der Waals surface area contributed by atoms with Crippen molar-refractivity contribution in [3.05, 3.63) is 9.75 Å². The zero-order valence-corrected chi connectivity index (χ0v) is 25.3. The molecule has 2 nitrogen and oxygen atoms in total. The van der Waals surface area contributed by atoms with Gasteiger partial charge in [-0.05, 0) is 37.0 Å². The average molecular weight is 507 g/mol. The number of hydrogen-bond acceptors (Lipinski definition) is 3. The lowest BCUT2D eigenvalue weighted by molar-refractivity contribution is 0.0748. The van der Waals surface area contributed by atoms with Gasteiger partial charge in [-0.3, -0.25) is 0 Å². The van der Waals surface area contributed by atoms with Crippen LogP contribution in [0.5, 0.6) is 11.5 Å². The Morgan fingerprint density at radius 1 is 0.714 bits per heavy atom. The molecule has 204 valence electrons. The maximum Gasteiger partial charge on any atom is 0.175 e. The molecule has 1 aliphatic rings. The van der Waals surface area contributed by atoms with Crippen molar-refractivity contribution in [3.8, 4) is 11.5 Å². The van der Waals surface area contributed by atoms with Crippen molar-refractivity contribution < 1.29 is 9.47 Å². The molecule has 0 aliphatic carbocycles. The second kappa shape index (κ2) is 16.2. The normalized spacial score (nSPS) is 19.7. The summed E-state index contributed by atoms with van der Waals surface area (Å²) in [5, 5.41) is 0. The lowest BCUT2D eigenvalue weighted by Gasteiger charge is -2.32. The largest absolute Gasteiger partial charge is 0.488 e. The van der Waals surface area contributed by atoms with Gasteiger partial charge in [0.25, 0.3) is 0 Å². The van der Waals surface area contributed by atoms with E-state index in [0.717, 1.165) is 43.0 Å². The van der Waals surface area contributed by atoms with Gasteiger partial charge in [-0.1, -0.05) is 126 Å². The Kier molecular flexibility index (Phi) is 14.1. The summed E-state index contributed by atoms with van der Waals surface area (Å²) in [5.74, 6) is 4.41. The SMILES string of the molecule is CCCCC(CC)CCCC1(CCCC(CC)CCCC)COc2c(CC)sc(C(C)C)c2OC1. The van der Waals surface area contributed by atoms with Crippen LogP contribution >= 0.6 is 11.3 Å². The van der Waals surface area contributed by atoms with E-state index in [9.17, 15) is 0 Å². The molecule has 0 spiro atoms. The van der Waals surface area contributed by atoms with Crippen molar-refractivity contribution in [2.75, 3.05) is 13.2 Å². The van der Waals surface area contributed by atoms with Gasteiger partial charge in [0.05, 0.1) is 23.0 Å². The minimum absolute atomic E-state index is 0.155. The molecule has 0 bridgehead atoms. The minimum atomic E-state index is 0.155. The predicted octanol–water partition coefficient (Wildman–Crippen LogP) is 11.0. The van der Waals surface area contributed by atoms with E-state index >= 15 is 0 Å². The average Bonchev–Trinajstić information content (AvgIpc) is 3.13. The Bertz CT molecular complexity index is 670. The van der Waals surface area contributed by atoms with Gasteiger partial charge >= 0.3 is 0 Å². The molecule has 2 unspecified atom stereocenters. The number of aryl methyl sites for hydroxylation is 1. The molecule has 1 aromatic rings. The molecule has 2 atom stereocenters. The van der Waals surface area contributed by atoms with E-state index in [-0.39, 0.29) is 5.41 Å². The first-order valence-electron chi connectivity index (χ1n) is 15.3. The van der Waals surface area contributed by atoms with E-state index in [1.807, 2.05) is 11.3 Å². The molecule has 35 heavy (non-hydrogen) atoms. The van der Waals surface area contributed by atoms with Crippen LogP contribution in [0.25, 0.3) is 0 Å². The van der Waals surface area contributed by atoms with E-state index in [2.05, 4.69) is 48.5 Å². The highest BCUT2D eigenvalue weighted by molar-refractivity contribution is 7.12. The van der Waals surface area contributed by atoms with Crippen molar-refractivity contribution in [1.82, 2.24) is 0 Å². The van der Waals surface area contributed by atoms with Gasteiger partial charge in [0.2, 0.25) is 0 Å². The van der Waals surface area contributed by atoms with Crippen LogP contribution in [-0.4, -0.2) is 13.2 Å². The summed E-state index contributed by atoms with van der Waals surface area (Å²) in [6.07, 6.45) is 19.7. The Balaban J connectivity index is 2.12. The van der Waals surface area contributed by atoms with E-state index in [4.69, 9.17) is 9.47 Å². The van der Waals surface area contributed by atoms with Crippen molar-refractivity contribution in [2.24, 2.45) is 17.3 Å². The Labute approximate surface area is 223 Å². The Hall–Kier alpha value is -0.700. The van der Waals surface area contributed by atoms with E-state index in [1.54, 1.807) is 0 Å². The van der Waals surface area contributed by atoms with Crippen LogP contribution in [-0.2, 0) is 6.42 Å². The summed E-state index contributed by atoms with van der Waals surface area (Å²) in [7, 11) is 0. The second-order valence-electron chi connectivity index (χ2n) is 11.8. The van der Waals surface area contributed by atoms with Gasteiger partial charge in [0.1, 0.15) is 0 Å². The standard InChI is InChI=1S/C32H58O2S/c1-8-13-17-26(10-3)19-15-21-32(22-16-20-27(11-4)18-14-9-2)23-33-29-28(12-5)35-31(25(6)7)30(29)34-24-32/h25-27H,8-24H2,1-7H3. The molecule has 2 rings (SSSR count). The van der Waals surface area contributed by atoms with E-state index < -0.39 is 0 Å². The highest BCUT2D eigenvalue weighted by Gasteiger charge is 2.37. The molecule has 0 amide bonds. The third-order valence-corrected chi connectivity index (χ3v) is 10.1. The molecule has 0 N–H and O–H groups in total. The second-order valence-corrected chi connectivity index (χ2v) is 12.9. The molecule has 0 aromatic carbocycles. The summed E-state index contributed by atoms with van der Waals surface area (Å²) < 4.78 is 13.4. The number of unbranched alkanes of at least 4 members (excludes halogenated alkanes) is 2. The lowest BCUT2D eigenvalue weighted by Crippen LogP contribution is -2.34. The molecule has 0 saturated heterocycles. The zero-order valence-electron chi connectivity index (χ0n) is 24.5. The maximum absolute atomic E-state index is 6.72. The summed E-state index contributed by atoms with van der Waals surface area (Å²) in [5.41, 5.74) is 0.155. The van der Waals surface area contributed by atoms with Crippen LogP contribution < -0.4 is 9.47 Å². The molecule has 0 fully saturated rings. The lowest BCUT2D eigenvalue weighted by atomic mass is 9.77. The van der Waals surface area contributed by atoms with E-state index in [1.165, 1.54) is 99.6 Å². The summed E-state index contributed by atoms with van der Waals surface area (Å²) in [6.45, 7) is 17.9. The van der Waals surface area contributed by atoms with Crippen LogP contribution in [0.1, 0.15) is 154 Å². The van der Waals surface area contributed by atoms with E-state index in [0.29, 0.717) is 5.92 Å². The van der Waals surface area contributed by atoms with Gasteiger partial charge < -0.3 is 9.47 Å². The van der Waals surface area contributed by atoms with Crippen molar-refractivity contribution in [3.63, 3.8) is 0 Å². The van der Waals surface area contributed by atoms with Crippen LogP contribution in [0, 0.1) is 17.3 Å². The third kappa shape index (κ3) is 9.28. The predicted molar refractivity (Wildman–Crippen MR) is 156 cm³/mol. The highest BCUT2D eigenvalue weighted by Crippen LogP contribution is 2.49. The molecule has 2 heterocycles. The smallest absolute Gasteiger partial charge is 0.175 e. The zero-order chi connectivity index (χ0) is 25.7. The molecular weight excluding hydrogens is 448 g/mol. The number of fused-ring (bicyclic) bond motifs is 1. The summed E-state index contributed by atoms with van der Waals surface area (Å²) in [6, 6.07) is 0. The maximum atomic E-state index is 6.72. The van der Waals surface area contributed by atoms with Gasteiger partial charge in [0, 0.05) is 5.41 Å². The quantitative estimate of drug-likeness (QED) is 0.197. The molecule has 3 heteroatoms. The van der Waals surface area contributed by atoms with Crippen LogP contribution in [0.3, 0.4) is 0 Å². The third-order valence-electron chi connectivity index (χ3n) is 8.53. The van der Waals surface area contributed by atoms with Crippen LogP contribution in [0.4, 0.5) is 0 Å². The number of thiophene rings is 1. The number of hydrogen-bond donors (Lipinski definition) is 0. The van der Waals surface area contributed by atoms with Gasteiger partial charge in [-0.15, -0.1) is 11.3 Å². The van der Waals surface area contributed by atoms with Crippen LogP contribution in [0.15, 0.2) is 0 Å². The first kappa shape index (κ1) is 30.5. The number of ether oxygens (including phenoxy) is 2.